The number of imidazole rings is 1. The average Bonchev–Trinajstić information content (AvgIpc) is 2.76. The van der Waals surface area contributed by atoms with Crippen molar-refractivity contribution >= 4 is 17.6 Å². The summed E-state index contributed by atoms with van der Waals surface area (Å²) in [6.07, 6.45) is 1.07. The number of carboxylic acid groups (broad SMARTS) is 1. The van der Waals surface area contributed by atoms with Crippen LogP contribution in [0.1, 0.15) is 17.7 Å². The zero-order valence-corrected chi connectivity index (χ0v) is 11.9. The Morgan fingerprint density at radius 2 is 2.30 bits per heavy atom. The van der Waals surface area contributed by atoms with E-state index in [-0.39, 0.29) is 5.92 Å². The summed E-state index contributed by atoms with van der Waals surface area (Å²) in [5.41, 5.74) is 3.02. The highest BCUT2D eigenvalue weighted by Gasteiger charge is 2.29. The van der Waals surface area contributed by atoms with Crippen molar-refractivity contribution in [1.29, 1.82) is 0 Å². The molecule has 20 heavy (non-hydrogen) atoms. The highest BCUT2D eigenvalue weighted by atomic mass is 35.5. The molecule has 0 amide bonds. The van der Waals surface area contributed by atoms with Gasteiger partial charge in [-0.1, -0.05) is 35.4 Å². The van der Waals surface area contributed by atoms with E-state index in [1.807, 2.05) is 25.1 Å². The van der Waals surface area contributed by atoms with E-state index in [9.17, 15) is 4.79 Å². The van der Waals surface area contributed by atoms with Crippen molar-refractivity contribution in [1.82, 2.24) is 9.55 Å². The van der Waals surface area contributed by atoms with Crippen LogP contribution in [-0.4, -0.2) is 20.6 Å². The molecule has 0 aliphatic carbocycles. The van der Waals surface area contributed by atoms with E-state index in [1.54, 1.807) is 0 Å². The SMILES string of the molecule is Cc1cccc(-c2nc(Cl)c3n2CCC(C(=O)O)C3)c1. The van der Waals surface area contributed by atoms with E-state index < -0.39 is 5.97 Å². The molecule has 3 rings (SSSR count). The number of carboxylic acids is 1. The summed E-state index contributed by atoms with van der Waals surface area (Å²) in [5, 5.41) is 9.57. The number of hydrogen-bond acceptors (Lipinski definition) is 2. The topological polar surface area (TPSA) is 55.1 Å². The lowest BCUT2D eigenvalue weighted by Crippen LogP contribution is -2.25. The number of carbonyl (C=O) groups is 1. The maximum Gasteiger partial charge on any atom is 0.306 e. The van der Waals surface area contributed by atoms with Crippen LogP contribution in [0.4, 0.5) is 0 Å². The zero-order valence-electron chi connectivity index (χ0n) is 11.1. The van der Waals surface area contributed by atoms with Gasteiger partial charge in [-0.25, -0.2) is 4.98 Å². The van der Waals surface area contributed by atoms with Crippen molar-refractivity contribution in [3.63, 3.8) is 0 Å². The van der Waals surface area contributed by atoms with Crippen LogP contribution < -0.4 is 0 Å². The van der Waals surface area contributed by atoms with Gasteiger partial charge in [0.15, 0.2) is 5.15 Å². The Hall–Kier alpha value is -1.81. The minimum Gasteiger partial charge on any atom is -0.481 e. The van der Waals surface area contributed by atoms with Crippen LogP contribution in [0.5, 0.6) is 0 Å². The van der Waals surface area contributed by atoms with Gasteiger partial charge in [0.25, 0.3) is 0 Å². The zero-order chi connectivity index (χ0) is 14.3. The lowest BCUT2D eigenvalue weighted by atomic mass is 9.96. The second kappa shape index (κ2) is 4.94. The van der Waals surface area contributed by atoms with E-state index in [1.165, 1.54) is 0 Å². The second-order valence-electron chi connectivity index (χ2n) is 5.22. The highest BCUT2D eigenvalue weighted by Crippen LogP contribution is 2.32. The van der Waals surface area contributed by atoms with E-state index in [2.05, 4.69) is 15.6 Å². The largest absolute Gasteiger partial charge is 0.481 e. The monoisotopic (exact) mass is 290 g/mol. The summed E-state index contributed by atoms with van der Waals surface area (Å²) < 4.78 is 2.05. The first-order valence-electron chi connectivity index (χ1n) is 6.61. The molecule has 1 atom stereocenters. The minimum atomic E-state index is -0.759. The molecule has 1 aliphatic rings. The Kier molecular flexibility index (Phi) is 3.26. The van der Waals surface area contributed by atoms with Crippen molar-refractivity contribution in [3.05, 3.63) is 40.7 Å². The van der Waals surface area contributed by atoms with Crippen molar-refractivity contribution in [3.8, 4) is 11.4 Å². The molecule has 2 heterocycles. The quantitative estimate of drug-likeness (QED) is 0.924. The van der Waals surface area contributed by atoms with E-state index in [0.717, 1.165) is 22.6 Å². The number of hydrogen-bond donors (Lipinski definition) is 1. The Morgan fingerprint density at radius 1 is 1.50 bits per heavy atom. The molecule has 2 aromatic rings. The Labute approximate surface area is 122 Å². The number of halogens is 1. The number of aliphatic carboxylic acids is 1. The molecule has 1 N–H and O–H groups in total. The van der Waals surface area contributed by atoms with E-state index in [0.29, 0.717) is 24.5 Å². The van der Waals surface area contributed by atoms with Gasteiger partial charge in [-0.3, -0.25) is 4.79 Å². The predicted octanol–water partition coefficient (Wildman–Crippen LogP) is 3.16. The summed E-state index contributed by atoms with van der Waals surface area (Å²) in [5.74, 6) is -0.287. The molecule has 0 saturated carbocycles. The van der Waals surface area contributed by atoms with Crippen LogP contribution in [0.25, 0.3) is 11.4 Å². The van der Waals surface area contributed by atoms with E-state index >= 15 is 0 Å². The first-order valence-corrected chi connectivity index (χ1v) is 6.99. The average molecular weight is 291 g/mol. The summed E-state index contributed by atoms with van der Waals surface area (Å²) in [6, 6.07) is 8.09. The fourth-order valence-corrected chi connectivity index (χ4v) is 2.99. The molecular formula is C15H15ClN2O2. The first-order chi connectivity index (χ1) is 9.56. The van der Waals surface area contributed by atoms with Gasteiger partial charge < -0.3 is 9.67 Å². The van der Waals surface area contributed by atoms with Gasteiger partial charge in [0.2, 0.25) is 0 Å². The lowest BCUT2D eigenvalue weighted by molar-refractivity contribution is -0.142. The van der Waals surface area contributed by atoms with Gasteiger partial charge in [-0.15, -0.1) is 0 Å². The molecule has 1 aromatic carbocycles. The maximum atomic E-state index is 11.1. The third-order valence-electron chi connectivity index (χ3n) is 3.79. The Morgan fingerprint density at radius 3 is 3.00 bits per heavy atom. The highest BCUT2D eigenvalue weighted by molar-refractivity contribution is 6.30. The number of benzene rings is 1. The molecule has 5 heteroatoms. The van der Waals surface area contributed by atoms with Gasteiger partial charge in [0, 0.05) is 18.5 Å². The molecule has 4 nitrogen and oxygen atoms in total. The number of aryl methyl sites for hydroxylation is 1. The second-order valence-corrected chi connectivity index (χ2v) is 5.58. The molecule has 0 fully saturated rings. The summed E-state index contributed by atoms with van der Waals surface area (Å²) in [7, 11) is 0. The van der Waals surface area contributed by atoms with Crippen LogP contribution >= 0.6 is 11.6 Å². The van der Waals surface area contributed by atoms with Crippen molar-refractivity contribution < 1.29 is 9.90 Å². The number of aromatic nitrogens is 2. The smallest absolute Gasteiger partial charge is 0.306 e. The molecule has 0 saturated heterocycles. The van der Waals surface area contributed by atoms with Gasteiger partial charge in [-0.05, 0) is 19.4 Å². The molecule has 0 radical (unpaired) electrons. The van der Waals surface area contributed by atoms with Gasteiger partial charge >= 0.3 is 5.97 Å². The molecular weight excluding hydrogens is 276 g/mol. The van der Waals surface area contributed by atoms with Gasteiger partial charge in [-0.2, -0.15) is 0 Å². The molecule has 1 aliphatic heterocycles. The minimum absolute atomic E-state index is 0.359. The summed E-state index contributed by atoms with van der Waals surface area (Å²) in [4.78, 5) is 15.6. The predicted molar refractivity (Wildman–Crippen MR) is 76.9 cm³/mol. The third-order valence-corrected chi connectivity index (χ3v) is 4.09. The summed E-state index contributed by atoms with van der Waals surface area (Å²) in [6.45, 7) is 2.68. The van der Waals surface area contributed by atoms with Crippen LogP contribution in [0.2, 0.25) is 5.15 Å². The molecule has 0 bridgehead atoms. The Balaban J connectivity index is 2.04. The van der Waals surface area contributed by atoms with Crippen molar-refractivity contribution in [2.75, 3.05) is 0 Å². The standard InChI is InChI=1S/C15H15ClN2O2/c1-9-3-2-4-10(7-9)14-17-13(16)12-8-11(15(19)20)5-6-18(12)14/h2-4,7,11H,5-6,8H2,1H3,(H,19,20). The molecule has 1 unspecified atom stereocenters. The number of nitrogens with zero attached hydrogens (tertiary/aromatic N) is 2. The normalized spacial score (nSPS) is 17.8. The molecule has 104 valence electrons. The fourth-order valence-electron chi connectivity index (χ4n) is 2.73. The van der Waals surface area contributed by atoms with Crippen molar-refractivity contribution in [2.24, 2.45) is 5.92 Å². The fraction of sp³-hybridized carbons (Fsp3) is 0.333. The number of fused-ring (bicyclic) bond motifs is 1. The Bertz CT molecular complexity index is 679. The lowest BCUT2D eigenvalue weighted by Gasteiger charge is -2.22. The first kappa shape index (κ1) is 13.2. The third kappa shape index (κ3) is 2.20. The van der Waals surface area contributed by atoms with Crippen LogP contribution in [0.15, 0.2) is 24.3 Å². The van der Waals surface area contributed by atoms with E-state index in [4.69, 9.17) is 16.7 Å². The number of rotatable bonds is 2. The van der Waals surface area contributed by atoms with Gasteiger partial charge in [0.1, 0.15) is 5.82 Å². The maximum absolute atomic E-state index is 11.1. The van der Waals surface area contributed by atoms with Crippen LogP contribution in [0, 0.1) is 12.8 Å². The van der Waals surface area contributed by atoms with Crippen molar-refractivity contribution in [2.45, 2.75) is 26.3 Å². The molecule has 0 spiro atoms. The summed E-state index contributed by atoms with van der Waals surface area (Å²) >= 11 is 6.20. The van der Waals surface area contributed by atoms with Gasteiger partial charge in [0.05, 0.1) is 11.6 Å². The van der Waals surface area contributed by atoms with Crippen LogP contribution in [0.3, 0.4) is 0 Å². The molecule has 1 aromatic heterocycles. The van der Waals surface area contributed by atoms with Crippen LogP contribution in [-0.2, 0) is 17.8 Å².